The Morgan fingerprint density at radius 1 is 1.15 bits per heavy atom. The molecule has 0 aromatic rings. The summed E-state index contributed by atoms with van der Waals surface area (Å²) < 4.78 is 0. The molecule has 0 aromatic heterocycles. The third-order valence-corrected chi connectivity index (χ3v) is 5.01. The van der Waals surface area contributed by atoms with Gasteiger partial charge in [0.25, 0.3) is 0 Å². The molecule has 0 radical (unpaired) electrons. The third-order valence-electron chi connectivity index (χ3n) is 3.82. The summed E-state index contributed by atoms with van der Waals surface area (Å²) in [4.78, 5) is 0. The number of halogens is 1. The Kier molecular flexibility index (Phi) is 4.78. The van der Waals surface area contributed by atoms with Crippen LogP contribution >= 0.6 is 15.9 Å². The van der Waals surface area contributed by atoms with Crippen molar-refractivity contribution in [3.05, 3.63) is 0 Å². The molecule has 0 saturated heterocycles. The maximum Gasteiger partial charge on any atom is 0.00880 e. The molecule has 1 saturated carbocycles. The Labute approximate surface area is 91.6 Å². The summed E-state index contributed by atoms with van der Waals surface area (Å²) in [5.41, 5.74) is 0.677. The van der Waals surface area contributed by atoms with Gasteiger partial charge in [0.05, 0.1) is 0 Å². The SMILES string of the molecule is CCC(CC)CC1(CBr)CCCC1. The highest BCUT2D eigenvalue weighted by molar-refractivity contribution is 9.09. The summed E-state index contributed by atoms with van der Waals surface area (Å²) >= 11 is 3.72. The molecule has 0 heterocycles. The minimum atomic E-state index is 0.677. The Hall–Kier alpha value is 0.480. The van der Waals surface area contributed by atoms with Crippen LogP contribution in [0.15, 0.2) is 0 Å². The summed E-state index contributed by atoms with van der Waals surface area (Å²) in [6.07, 6.45) is 10.1. The van der Waals surface area contributed by atoms with E-state index in [4.69, 9.17) is 0 Å². The van der Waals surface area contributed by atoms with Gasteiger partial charge in [0.15, 0.2) is 0 Å². The highest BCUT2D eigenvalue weighted by Gasteiger charge is 2.33. The van der Waals surface area contributed by atoms with Crippen LogP contribution in [0.2, 0.25) is 0 Å². The van der Waals surface area contributed by atoms with Crippen LogP contribution in [0.25, 0.3) is 0 Å². The minimum absolute atomic E-state index is 0.677. The molecule has 1 rings (SSSR count). The molecule has 0 aliphatic heterocycles. The van der Waals surface area contributed by atoms with E-state index in [-0.39, 0.29) is 0 Å². The lowest BCUT2D eigenvalue weighted by atomic mass is 9.78. The van der Waals surface area contributed by atoms with Gasteiger partial charge < -0.3 is 0 Å². The molecule has 0 amide bonds. The highest BCUT2D eigenvalue weighted by Crippen LogP contribution is 2.45. The van der Waals surface area contributed by atoms with Gasteiger partial charge >= 0.3 is 0 Å². The molecular weight excluding hydrogens is 224 g/mol. The van der Waals surface area contributed by atoms with Gasteiger partial charge in [-0.2, -0.15) is 0 Å². The first kappa shape index (κ1) is 11.6. The average molecular weight is 247 g/mol. The van der Waals surface area contributed by atoms with Gasteiger partial charge in [-0.25, -0.2) is 0 Å². The zero-order valence-corrected chi connectivity index (χ0v) is 10.7. The fourth-order valence-corrected chi connectivity index (χ4v) is 3.50. The Balaban J connectivity index is 2.46. The van der Waals surface area contributed by atoms with E-state index in [2.05, 4.69) is 29.8 Å². The molecule has 13 heavy (non-hydrogen) atoms. The summed E-state index contributed by atoms with van der Waals surface area (Å²) in [7, 11) is 0. The summed E-state index contributed by atoms with van der Waals surface area (Å²) in [5, 5.41) is 1.23. The molecule has 1 aliphatic carbocycles. The predicted octanol–water partition coefficient (Wildman–Crippen LogP) is 4.77. The molecule has 0 N–H and O–H groups in total. The lowest BCUT2D eigenvalue weighted by molar-refractivity contribution is 0.245. The second-order valence-electron chi connectivity index (χ2n) is 4.73. The van der Waals surface area contributed by atoms with Gasteiger partial charge in [-0.3, -0.25) is 0 Å². The normalized spacial score (nSPS) is 21.2. The number of rotatable bonds is 5. The molecule has 0 unspecified atom stereocenters. The Bertz CT molecular complexity index is 132. The van der Waals surface area contributed by atoms with Crippen LogP contribution in [0.3, 0.4) is 0 Å². The van der Waals surface area contributed by atoms with Gasteiger partial charge in [-0.05, 0) is 30.6 Å². The fourth-order valence-electron chi connectivity index (χ4n) is 2.71. The molecule has 78 valence electrons. The lowest BCUT2D eigenvalue weighted by Gasteiger charge is -2.30. The van der Waals surface area contributed by atoms with Crippen molar-refractivity contribution in [2.24, 2.45) is 11.3 Å². The second kappa shape index (κ2) is 5.38. The average Bonchev–Trinajstić information content (AvgIpc) is 2.63. The van der Waals surface area contributed by atoms with Crippen molar-refractivity contribution in [2.75, 3.05) is 5.33 Å². The predicted molar refractivity (Wildman–Crippen MR) is 63.4 cm³/mol. The van der Waals surface area contributed by atoms with Crippen molar-refractivity contribution in [3.63, 3.8) is 0 Å². The minimum Gasteiger partial charge on any atom is -0.0922 e. The van der Waals surface area contributed by atoms with Crippen molar-refractivity contribution < 1.29 is 0 Å². The van der Waals surface area contributed by atoms with E-state index in [1.54, 1.807) is 0 Å². The number of hydrogen-bond acceptors (Lipinski definition) is 0. The second-order valence-corrected chi connectivity index (χ2v) is 5.29. The van der Waals surface area contributed by atoms with Crippen molar-refractivity contribution in [1.82, 2.24) is 0 Å². The van der Waals surface area contributed by atoms with E-state index in [0.29, 0.717) is 5.41 Å². The van der Waals surface area contributed by atoms with Gasteiger partial charge in [-0.1, -0.05) is 55.5 Å². The van der Waals surface area contributed by atoms with E-state index in [9.17, 15) is 0 Å². The monoisotopic (exact) mass is 246 g/mol. The zero-order chi connectivity index (χ0) is 9.73. The van der Waals surface area contributed by atoms with E-state index < -0.39 is 0 Å². The third kappa shape index (κ3) is 2.97. The molecule has 1 heteroatoms. The van der Waals surface area contributed by atoms with Crippen LogP contribution in [-0.2, 0) is 0 Å². The molecule has 0 nitrogen and oxygen atoms in total. The van der Waals surface area contributed by atoms with E-state index in [1.807, 2.05) is 0 Å². The quantitative estimate of drug-likeness (QED) is 0.614. The molecule has 0 aromatic carbocycles. The molecule has 0 spiro atoms. The van der Waals surface area contributed by atoms with Crippen molar-refractivity contribution >= 4 is 15.9 Å². The van der Waals surface area contributed by atoms with Crippen LogP contribution in [0.4, 0.5) is 0 Å². The smallest absolute Gasteiger partial charge is 0.00880 e. The Morgan fingerprint density at radius 3 is 2.08 bits per heavy atom. The first-order chi connectivity index (χ1) is 6.26. The van der Waals surface area contributed by atoms with Gasteiger partial charge in [0.1, 0.15) is 0 Å². The van der Waals surface area contributed by atoms with Crippen LogP contribution in [-0.4, -0.2) is 5.33 Å². The van der Waals surface area contributed by atoms with Crippen LogP contribution in [0.1, 0.15) is 58.8 Å². The van der Waals surface area contributed by atoms with Crippen molar-refractivity contribution in [2.45, 2.75) is 58.8 Å². The first-order valence-electron chi connectivity index (χ1n) is 5.82. The molecule has 0 atom stereocenters. The first-order valence-corrected chi connectivity index (χ1v) is 6.94. The highest BCUT2D eigenvalue weighted by atomic mass is 79.9. The maximum absolute atomic E-state index is 3.72. The summed E-state index contributed by atoms with van der Waals surface area (Å²) in [5.74, 6) is 0.968. The van der Waals surface area contributed by atoms with Crippen LogP contribution < -0.4 is 0 Å². The van der Waals surface area contributed by atoms with E-state index in [1.165, 1.54) is 50.3 Å². The number of alkyl halides is 1. The largest absolute Gasteiger partial charge is 0.0922 e. The van der Waals surface area contributed by atoms with Crippen molar-refractivity contribution in [3.8, 4) is 0 Å². The standard InChI is InChI=1S/C12H23Br/c1-3-11(4-2)9-12(10-13)7-5-6-8-12/h11H,3-10H2,1-2H3. The lowest BCUT2D eigenvalue weighted by Crippen LogP contribution is -2.22. The van der Waals surface area contributed by atoms with E-state index >= 15 is 0 Å². The molecule has 1 fully saturated rings. The number of hydrogen-bond donors (Lipinski definition) is 0. The van der Waals surface area contributed by atoms with Gasteiger partial charge in [0, 0.05) is 5.33 Å². The Morgan fingerprint density at radius 2 is 1.69 bits per heavy atom. The van der Waals surface area contributed by atoms with Crippen LogP contribution in [0, 0.1) is 11.3 Å². The van der Waals surface area contributed by atoms with Gasteiger partial charge in [0.2, 0.25) is 0 Å². The molecular formula is C12H23Br. The molecule has 0 bridgehead atoms. The molecule has 1 aliphatic rings. The summed E-state index contributed by atoms with van der Waals surface area (Å²) in [6, 6.07) is 0. The van der Waals surface area contributed by atoms with E-state index in [0.717, 1.165) is 5.92 Å². The maximum atomic E-state index is 3.72. The topological polar surface area (TPSA) is 0 Å². The van der Waals surface area contributed by atoms with Crippen molar-refractivity contribution in [1.29, 1.82) is 0 Å². The summed E-state index contributed by atoms with van der Waals surface area (Å²) in [6.45, 7) is 4.68. The van der Waals surface area contributed by atoms with Crippen LogP contribution in [0.5, 0.6) is 0 Å². The fraction of sp³-hybridized carbons (Fsp3) is 1.00. The zero-order valence-electron chi connectivity index (χ0n) is 9.11. The van der Waals surface area contributed by atoms with Gasteiger partial charge in [-0.15, -0.1) is 0 Å².